The minimum absolute atomic E-state index is 0. The molecule has 3 heterocycles. The lowest BCUT2D eigenvalue weighted by Gasteiger charge is -2.59. The van der Waals surface area contributed by atoms with Gasteiger partial charge in [-0.2, -0.15) is 0 Å². The molecule has 0 aromatic carbocycles. The van der Waals surface area contributed by atoms with E-state index in [1.807, 2.05) is 6.92 Å². The molecule has 0 spiro atoms. The Morgan fingerprint density at radius 1 is 0.369 bits per heavy atom. The summed E-state index contributed by atoms with van der Waals surface area (Å²) in [5.74, 6) is 8.69. The average Bonchev–Trinajstić information content (AvgIpc) is 4.00. The third-order valence-electron chi connectivity index (χ3n) is 18.9. The van der Waals surface area contributed by atoms with Crippen LogP contribution in [0, 0.1) is 74.4 Å². The Morgan fingerprint density at radius 2 is 0.877 bits per heavy atom. The van der Waals surface area contributed by atoms with Crippen LogP contribution in [0.5, 0.6) is 0 Å². The van der Waals surface area contributed by atoms with E-state index in [2.05, 4.69) is 83.1 Å². The first-order valence-corrected chi connectivity index (χ1v) is 26.6. The maximum atomic E-state index is 5.28. The zero-order valence-electron chi connectivity index (χ0n) is 42.6. The fourth-order valence-electron chi connectivity index (χ4n) is 15.0. The molecule has 0 aromatic rings. The Kier molecular flexibility index (Phi) is 28.6. The van der Waals surface area contributed by atoms with Crippen LogP contribution in [0.2, 0.25) is 0 Å². The quantitative estimate of drug-likeness (QED) is 0.243. The van der Waals surface area contributed by atoms with Gasteiger partial charge in [0.1, 0.15) is 0 Å². The van der Waals surface area contributed by atoms with Crippen molar-refractivity contribution in [2.45, 2.75) is 287 Å². The molecule has 12 aliphatic rings. The molecule has 0 aromatic heterocycles. The van der Waals surface area contributed by atoms with E-state index in [-0.39, 0.29) is 37.1 Å². The first-order chi connectivity index (χ1) is 28.2. The Balaban J connectivity index is 0.000000735. The highest BCUT2D eigenvalue weighted by Gasteiger charge is 2.57. The summed E-state index contributed by atoms with van der Waals surface area (Å²) in [5.41, 5.74) is 3.39. The minimum atomic E-state index is 0. The molecule has 0 N–H and O–H groups in total. The normalized spacial score (nSPS) is 37.7. The van der Waals surface area contributed by atoms with Crippen LogP contribution in [0.15, 0.2) is 0 Å². The molecule has 9 saturated carbocycles. The van der Waals surface area contributed by atoms with E-state index in [1.165, 1.54) is 103 Å². The van der Waals surface area contributed by atoms with Crippen molar-refractivity contribution < 1.29 is 18.9 Å². The van der Waals surface area contributed by atoms with Gasteiger partial charge in [-0.25, -0.2) is 0 Å². The monoisotopic (exact) mass is 921 g/mol. The Bertz CT molecular complexity index is 1160. The highest BCUT2D eigenvalue weighted by Crippen LogP contribution is 2.65. The van der Waals surface area contributed by atoms with E-state index in [0.717, 1.165) is 80.4 Å². The summed E-state index contributed by atoms with van der Waals surface area (Å²) < 4.78 is 20.6. The van der Waals surface area contributed by atoms with E-state index in [4.69, 9.17) is 18.9 Å². The highest BCUT2D eigenvalue weighted by molar-refractivity contribution is 5.06. The van der Waals surface area contributed by atoms with Gasteiger partial charge in [0, 0.05) is 13.2 Å². The molecule has 12 fully saturated rings. The van der Waals surface area contributed by atoms with Crippen molar-refractivity contribution in [1.29, 1.82) is 0 Å². The highest BCUT2D eigenvalue weighted by atomic mass is 16.6. The van der Waals surface area contributed by atoms with Crippen LogP contribution in [-0.2, 0) is 18.9 Å². The minimum Gasteiger partial charge on any atom is -0.379 e. The Hall–Kier alpha value is -0.160. The van der Waals surface area contributed by atoms with Crippen LogP contribution in [0.4, 0.5) is 0 Å². The van der Waals surface area contributed by atoms with Gasteiger partial charge in [-0.15, -0.1) is 0 Å². The first-order valence-electron chi connectivity index (χ1n) is 26.6. The molecule has 12 rings (SSSR count). The average molecular weight is 922 g/mol. The van der Waals surface area contributed by atoms with Gasteiger partial charge < -0.3 is 18.9 Å². The second-order valence-electron chi connectivity index (χ2n) is 26.0. The van der Waals surface area contributed by atoms with Gasteiger partial charge in [0.15, 0.2) is 0 Å². The topological polar surface area (TPSA) is 36.9 Å². The standard InChI is InChI=1S/C12H20.C11H20.C9H16.C8H16.C6H12O.C5H10O2.C5H10O.5CH4/c1-12(2)10-4-8-3-9(6-10)7-11(12)5-8;1-10(2)7-8-5-6-9(10)11(8,3)4;1-9(2)6-7-3-4-8(9)5-7;1-8(2)6-4-3-5-7-8;1-6-4-2-3-5-7-6;1-5-4-6-2-3-7-5;1-5-3-2-4-6-5;;;;;/h8-11H,3-7H2,1-2H3;8-9H,5-7H2,1-4H3;7-8H,3-6H2,1-2H3;3-7H2,1-2H3;6H,2-5H2,1H3;5H,2-4H2,1H3;5H,2-4H2,1H3;5*1H4. The van der Waals surface area contributed by atoms with Crippen LogP contribution in [0.25, 0.3) is 0 Å². The third kappa shape index (κ3) is 19.2. The predicted octanol–water partition coefficient (Wildman–Crippen LogP) is 19.1. The van der Waals surface area contributed by atoms with Crippen molar-refractivity contribution in [3.05, 3.63) is 0 Å². The summed E-state index contributed by atoms with van der Waals surface area (Å²) in [5, 5.41) is 0. The summed E-state index contributed by atoms with van der Waals surface area (Å²) in [7, 11) is 0. The number of rotatable bonds is 0. The van der Waals surface area contributed by atoms with Crippen molar-refractivity contribution in [3.8, 4) is 0 Å². The molecule has 392 valence electrons. The largest absolute Gasteiger partial charge is 0.379 e. The summed E-state index contributed by atoms with van der Waals surface area (Å²) >= 11 is 0. The summed E-state index contributed by atoms with van der Waals surface area (Å²) in [6.45, 7) is 35.1. The number of ether oxygens (including phenoxy) is 4. The lowest BCUT2D eigenvalue weighted by Crippen LogP contribution is -2.49. The van der Waals surface area contributed by atoms with Gasteiger partial charge >= 0.3 is 0 Å². The summed E-state index contributed by atoms with van der Waals surface area (Å²) in [6.07, 6.45) is 33.6. The molecular weight excluding hydrogens is 797 g/mol. The molecule has 9 aliphatic carbocycles. The molecule has 7 atom stereocenters. The van der Waals surface area contributed by atoms with Crippen molar-refractivity contribution in [3.63, 3.8) is 0 Å². The van der Waals surface area contributed by atoms with Crippen LogP contribution in [0.1, 0.15) is 268 Å². The third-order valence-corrected chi connectivity index (χ3v) is 18.9. The summed E-state index contributed by atoms with van der Waals surface area (Å²) in [4.78, 5) is 0. The van der Waals surface area contributed by atoms with Crippen molar-refractivity contribution in [2.75, 3.05) is 33.0 Å². The van der Waals surface area contributed by atoms with Crippen molar-refractivity contribution in [1.82, 2.24) is 0 Å². The van der Waals surface area contributed by atoms with Crippen LogP contribution < -0.4 is 0 Å². The van der Waals surface area contributed by atoms with E-state index < -0.39 is 0 Å². The van der Waals surface area contributed by atoms with Crippen LogP contribution in [0.3, 0.4) is 0 Å². The molecule has 3 saturated heterocycles. The first kappa shape index (κ1) is 64.8. The van der Waals surface area contributed by atoms with Crippen molar-refractivity contribution in [2.24, 2.45) is 74.4 Å². The van der Waals surface area contributed by atoms with E-state index in [1.54, 1.807) is 38.5 Å². The number of hydrogen-bond donors (Lipinski definition) is 0. The predicted molar refractivity (Wildman–Crippen MR) is 289 cm³/mol. The van der Waals surface area contributed by atoms with Gasteiger partial charge in [-0.1, -0.05) is 132 Å². The molecule has 4 nitrogen and oxygen atoms in total. The number of fused-ring (bicyclic) bond motifs is 4. The molecule has 0 amide bonds. The van der Waals surface area contributed by atoms with Crippen molar-refractivity contribution >= 4 is 0 Å². The molecule has 3 aliphatic heterocycles. The summed E-state index contributed by atoms with van der Waals surface area (Å²) in [6, 6.07) is 0. The molecule has 8 bridgehead atoms. The van der Waals surface area contributed by atoms with Gasteiger partial charge in [0.25, 0.3) is 0 Å². The lowest BCUT2D eigenvalue weighted by molar-refractivity contribution is -0.0876. The molecule has 65 heavy (non-hydrogen) atoms. The molecular formula is C61H124O4. The smallest absolute Gasteiger partial charge is 0.0781 e. The molecule has 0 radical (unpaired) electrons. The zero-order chi connectivity index (χ0) is 43.8. The number of hydrogen-bond acceptors (Lipinski definition) is 4. The van der Waals surface area contributed by atoms with Gasteiger partial charge in [-0.3, -0.25) is 0 Å². The fourth-order valence-corrected chi connectivity index (χ4v) is 15.0. The second-order valence-corrected chi connectivity index (χ2v) is 26.0. The van der Waals surface area contributed by atoms with Crippen LogP contribution >= 0.6 is 0 Å². The fraction of sp³-hybridized carbons (Fsp3) is 1.00. The van der Waals surface area contributed by atoms with Gasteiger partial charge in [0.05, 0.1) is 38.1 Å². The zero-order valence-corrected chi connectivity index (χ0v) is 42.6. The van der Waals surface area contributed by atoms with E-state index >= 15 is 0 Å². The second kappa shape index (κ2) is 28.6. The van der Waals surface area contributed by atoms with E-state index in [9.17, 15) is 0 Å². The van der Waals surface area contributed by atoms with Gasteiger partial charge in [0.2, 0.25) is 0 Å². The lowest BCUT2D eigenvalue weighted by atomic mass is 9.46. The van der Waals surface area contributed by atoms with Crippen LogP contribution in [-0.4, -0.2) is 51.3 Å². The molecule has 7 unspecified atom stereocenters. The SMILES string of the molecule is C.C.C.C.C.CC1(C)C2CC3CC(C2)CC1C3.CC1(C)CC2CCC1C2.CC1(C)CC2CCC1C2(C)C.CC1(C)CCCCC1.CC1CCCCO1.CC1CCCO1.CC1COCCO1. The maximum Gasteiger partial charge on any atom is 0.0781 e. The van der Waals surface area contributed by atoms with Gasteiger partial charge in [-0.05, 0) is 211 Å². The Morgan fingerprint density at radius 3 is 1.12 bits per heavy atom. The Labute approximate surface area is 411 Å². The molecule has 4 heteroatoms. The maximum absolute atomic E-state index is 5.28. The van der Waals surface area contributed by atoms with E-state index in [0.29, 0.717) is 45.4 Å².